The van der Waals surface area contributed by atoms with Crippen molar-refractivity contribution in [3.05, 3.63) is 71.6 Å². The predicted molar refractivity (Wildman–Crippen MR) is 133 cm³/mol. The van der Waals surface area contributed by atoms with Gasteiger partial charge in [0.2, 0.25) is 0 Å². The van der Waals surface area contributed by atoms with Gasteiger partial charge in [-0.05, 0) is 47.6 Å². The lowest BCUT2D eigenvalue weighted by Gasteiger charge is -2.14. The van der Waals surface area contributed by atoms with E-state index >= 15 is 0 Å². The normalized spacial score (nSPS) is 11.6. The molecule has 0 aliphatic carbocycles. The molecule has 4 aromatic heterocycles. The van der Waals surface area contributed by atoms with Gasteiger partial charge in [0.05, 0.1) is 28.8 Å². The second kappa shape index (κ2) is 8.49. The third-order valence-corrected chi connectivity index (χ3v) is 6.84. The van der Waals surface area contributed by atoms with E-state index in [4.69, 9.17) is 16.5 Å². The van der Waals surface area contributed by atoms with Crippen LogP contribution in [0.2, 0.25) is 0 Å². The average molecular weight is 475 g/mol. The van der Waals surface area contributed by atoms with Gasteiger partial charge in [0.15, 0.2) is 5.65 Å². The van der Waals surface area contributed by atoms with Crippen molar-refractivity contribution in [3.8, 4) is 10.4 Å². The van der Waals surface area contributed by atoms with Crippen LogP contribution in [-0.4, -0.2) is 25.4 Å². The number of pyridine rings is 2. The first-order chi connectivity index (χ1) is 16.3. The molecule has 5 rings (SSSR count). The molecule has 0 fully saturated rings. The topological polar surface area (TPSA) is 113 Å². The van der Waals surface area contributed by atoms with E-state index in [0.717, 1.165) is 20.5 Å². The van der Waals surface area contributed by atoms with Crippen molar-refractivity contribution in [2.45, 2.75) is 26.8 Å². The van der Waals surface area contributed by atoms with E-state index in [1.807, 2.05) is 16.7 Å². The zero-order valence-corrected chi connectivity index (χ0v) is 19.6. The van der Waals surface area contributed by atoms with Crippen molar-refractivity contribution in [1.82, 2.24) is 19.5 Å². The van der Waals surface area contributed by atoms with Gasteiger partial charge in [0.1, 0.15) is 17.2 Å². The van der Waals surface area contributed by atoms with Crippen LogP contribution in [0.1, 0.15) is 35.5 Å². The summed E-state index contributed by atoms with van der Waals surface area (Å²) in [7, 11) is 0. The van der Waals surface area contributed by atoms with Gasteiger partial charge in [-0.2, -0.15) is 0 Å². The van der Waals surface area contributed by atoms with Gasteiger partial charge < -0.3 is 16.0 Å². The van der Waals surface area contributed by atoms with E-state index in [9.17, 15) is 9.18 Å². The molecule has 0 saturated carbocycles. The quantitative estimate of drug-likeness (QED) is 0.368. The molecule has 0 atom stereocenters. The van der Waals surface area contributed by atoms with E-state index in [-0.39, 0.29) is 11.7 Å². The minimum Gasteiger partial charge on any atom is -0.383 e. The highest BCUT2D eigenvalue weighted by atomic mass is 32.1. The Morgan fingerprint density at radius 2 is 1.94 bits per heavy atom. The fourth-order valence-electron chi connectivity index (χ4n) is 4.17. The van der Waals surface area contributed by atoms with E-state index in [2.05, 4.69) is 23.8 Å². The summed E-state index contributed by atoms with van der Waals surface area (Å²) in [5.41, 5.74) is 15.8. The number of rotatable bonds is 6. The molecule has 1 amide bonds. The van der Waals surface area contributed by atoms with E-state index in [0.29, 0.717) is 46.8 Å². The Bertz CT molecular complexity index is 1540. The molecule has 5 aromatic rings. The number of thiophene rings is 1. The molecule has 1 aromatic carbocycles. The summed E-state index contributed by atoms with van der Waals surface area (Å²) >= 11 is 1.45. The van der Waals surface area contributed by atoms with Crippen molar-refractivity contribution in [2.75, 3.05) is 5.73 Å². The molecule has 9 heteroatoms. The van der Waals surface area contributed by atoms with Gasteiger partial charge in [-0.15, -0.1) is 11.3 Å². The standard InChI is InChI=1S/C25H23FN6OS/c1-13(2)9-17-19(24(28)33)20(18-10-15-7-8-29-23(27)22(15)34-18)21-25(31-17)32(12-30-21)11-14-3-5-16(26)6-4-14/h3-8,10,12-13H,9,11H2,1-2H3,(H2,27,29)(H2,28,33). The number of carbonyl (C=O) groups excluding carboxylic acids is 1. The second-order valence-corrected chi connectivity index (χ2v) is 9.72. The Morgan fingerprint density at radius 3 is 2.62 bits per heavy atom. The van der Waals surface area contributed by atoms with Crippen LogP contribution in [0.5, 0.6) is 0 Å². The molecule has 172 valence electrons. The summed E-state index contributed by atoms with van der Waals surface area (Å²) in [5.74, 6) is -0.143. The highest BCUT2D eigenvalue weighted by Crippen LogP contribution is 2.41. The van der Waals surface area contributed by atoms with Crippen molar-refractivity contribution in [2.24, 2.45) is 11.7 Å². The first kappa shape index (κ1) is 22.0. The molecule has 7 nitrogen and oxygen atoms in total. The lowest BCUT2D eigenvalue weighted by atomic mass is 9.97. The lowest BCUT2D eigenvalue weighted by Crippen LogP contribution is -2.18. The number of imidazole rings is 1. The monoisotopic (exact) mass is 474 g/mol. The number of nitrogens with two attached hydrogens (primary N) is 2. The number of nitrogen functional groups attached to an aromatic ring is 1. The summed E-state index contributed by atoms with van der Waals surface area (Å²) in [6.45, 7) is 4.60. The molecule has 0 radical (unpaired) electrons. The van der Waals surface area contributed by atoms with Crippen LogP contribution in [-0.2, 0) is 13.0 Å². The van der Waals surface area contributed by atoms with Gasteiger partial charge in [0.25, 0.3) is 5.91 Å². The summed E-state index contributed by atoms with van der Waals surface area (Å²) in [6.07, 6.45) is 3.93. The van der Waals surface area contributed by atoms with Gasteiger partial charge in [-0.25, -0.2) is 19.3 Å². The number of nitrogens with zero attached hydrogens (tertiary/aromatic N) is 4. The Labute approximate surface area is 199 Å². The number of halogens is 1. The summed E-state index contributed by atoms with van der Waals surface area (Å²) in [6, 6.07) is 10.2. The predicted octanol–water partition coefficient (Wildman–Crippen LogP) is 4.78. The third kappa shape index (κ3) is 3.88. The van der Waals surface area contributed by atoms with Crippen LogP contribution < -0.4 is 11.5 Å². The molecule has 4 heterocycles. The van der Waals surface area contributed by atoms with E-state index < -0.39 is 5.91 Å². The molecule has 0 saturated heterocycles. The zero-order chi connectivity index (χ0) is 24.0. The van der Waals surface area contributed by atoms with Crippen LogP contribution >= 0.6 is 11.3 Å². The Morgan fingerprint density at radius 1 is 1.18 bits per heavy atom. The van der Waals surface area contributed by atoms with Crippen molar-refractivity contribution in [1.29, 1.82) is 0 Å². The second-order valence-electron chi connectivity index (χ2n) is 8.67. The van der Waals surface area contributed by atoms with E-state index in [1.165, 1.54) is 23.5 Å². The molecule has 0 aliphatic rings. The minimum atomic E-state index is -0.545. The van der Waals surface area contributed by atoms with E-state index in [1.54, 1.807) is 24.7 Å². The van der Waals surface area contributed by atoms with Crippen molar-refractivity contribution < 1.29 is 9.18 Å². The number of hydrogen-bond acceptors (Lipinski definition) is 6. The maximum absolute atomic E-state index is 13.4. The smallest absolute Gasteiger partial charge is 0.251 e. The highest BCUT2D eigenvalue weighted by molar-refractivity contribution is 7.23. The SMILES string of the molecule is CC(C)Cc1nc2c(ncn2Cc2ccc(F)cc2)c(-c2cc3ccnc(N)c3s2)c1C(N)=O. The number of amides is 1. The maximum atomic E-state index is 13.4. The number of primary amides is 1. The van der Waals surface area contributed by atoms with Gasteiger partial charge >= 0.3 is 0 Å². The fraction of sp³-hybridized carbons (Fsp3) is 0.200. The fourth-order valence-corrected chi connectivity index (χ4v) is 5.28. The number of benzene rings is 1. The molecular weight excluding hydrogens is 451 g/mol. The van der Waals surface area contributed by atoms with Gasteiger partial charge in [0, 0.05) is 16.6 Å². The van der Waals surface area contributed by atoms with Crippen LogP contribution in [0.25, 0.3) is 31.7 Å². The number of aromatic nitrogens is 4. The molecule has 0 spiro atoms. The van der Waals surface area contributed by atoms with Crippen molar-refractivity contribution >= 4 is 44.3 Å². The van der Waals surface area contributed by atoms with Gasteiger partial charge in [-0.1, -0.05) is 26.0 Å². The summed E-state index contributed by atoms with van der Waals surface area (Å²) < 4.78 is 16.1. The highest BCUT2D eigenvalue weighted by Gasteiger charge is 2.25. The third-order valence-electron chi connectivity index (χ3n) is 5.65. The van der Waals surface area contributed by atoms with Crippen LogP contribution in [0, 0.1) is 11.7 Å². The maximum Gasteiger partial charge on any atom is 0.251 e. The molecular formula is C25H23FN6OS. The number of anilines is 1. The Balaban J connectivity index is 1.78. The number of carbonyl (C=O) groups is 1. The number of hydrogen-bond donors (Lipinski definition) is 2. The molecule has 0 bridgehead atoms. The minimum absolute atomic E-state index is 0.256. The number of fused-ring (bicyclic) bond motifs is 2. The summed E-state index contributed by atoms with van der Waals surface area (Å²) in [5, 5.41) is 0.934. The molecule has 0 aliphatic heterocycles. The first-order valence-electron chi connectivity index (χ1n) is 10.9. The zero-order valence-electron chi connectivity index (χ0n) is 18.7. The molecule has 0 unspecified atom stereocenters. The lowest BCUT2D eigenvalue weighted by molar-refractivity contribution is 0.0999. The van der Waals surface area contributed by atoms with Crippen molar-refractivity contribution in [3.63, 3.8) is 0 Å². The average Bonchev–Trinajstić information content (AvgIpc) is 3.39. The van der Waals surface area contributed by atoms with Crippen LogP contribution in [0.4, 0.5) is 10.2 Å². The Hall–Kier alpha value is -3.85. The van der Waals surface area contributed by atoms with Gasteiger partial charge in [-0.3, -0.25) is 4.79 Å². The molecule has 34 heavy (non-hydrogen) atoms. The summed E-state index contributed by atoms with van der Waals surface area (Å²) in [4.78, 5) is 27.2. The first-order valence-corrected chi connectivity index (χ1v) is 11.7. The molecule has 4 N–H and O–H groups in total. The largest absolute Gasteiger partial charge is 0.383 e. The van der Waals surface area contributed by atoms with Crippen LogP contribution in [0.3, 0.4) is 0 Å². The van der Waals surface area contributed by atoms with Crippen LogP contribution in [0.15, 0.2) is 48.9 Å². The Kier molecular flexibility index (Phi) is 5.49.